The molecule has 0 N–H and O–H groups in total. The van der Waals surface area contributed by atoms with Crippen LogP contribution in [0.5, 0.6) is 5.75 Å². The van der Waals surface area contributed by atoms with E-state index in [1.54, 1.807) is 35.9 Å². The van der Waals surface area contributed by atoms with Gasteiger partial charge in [-0.1, -0.05) is 24.3 Å². The van der Waals surface area contributed by atoms with Crippen molar-refractivity contribution in [1.29, 1.82) is 0 Å². The second-order valence-corrected chi connectivity index (χ2v) is 7.52. The van der Waals surface area contributed by atoms with E-state index in [0.717, 1.165) is 11.3 Å². The van der Waals surface area contributed by atoms with E-state index in [1.807, 2.05) is 58.1 Å². The molecule has 3 nitrogen and oxygen atoms in total. The van der Waals surface area contributed by atoms with Crippen molar-refractivity contribution in [2.75, 3.05) is 7.11 Å². The SMILES string of the molecule is COc1ccc(/C=C/C(=O)N(Cc2cccs2)Cc2cccs2)cc1. The molecule has 25 heavy (non-hydrogen) atoms. The Morgan fingerprint density at radius 1 is 1.00 bits per heavy atom. The Hall–Kier alpha value is -2.37. The molecule has 0 unspecified atom stereocenters. The van der Waals surface area contributed by atoms with Gasteiger partial charge in [-0.15, -0.1) is 22.7 Å². The molecule has 1 aromatic carbocycles. The summed E-state index contributed by atoms with van der Waals surface area (Å²) in [5, 5.41) is 4.08. The molecule has 3 aromatic rings. The van der Waals surface area contributed by atoms with Gasteiger partial charge in [0, 0.05) is 15.8 Å². The van der Waals surface area contributed by atoms with Gasteiger partial charge in [-0.3, -0.25) is 4.79 Å². The maximum atomic E-state index is 12.7. The lowest BCUT2D eigenvalue weighted by atomic mass is 10.2. The minimum Gasteiger partial charge on any atom is -0.497 e. The first kappa shape index (κ1) is 17.5. The number of hydrogen-bond donors (Lipinski definition) is 0. The van der Waals surface area contributed by atoms with Gasteiger partial charge in [0.1, 0.15) is 5.75 Å². The van der Waals surface area contributed by atoms with E-state index in [-0.39, 0.29) is 5.91 Å². The highest BCUT2D eigenvalue weighted by molar-refractivity contribution is 7.10. The van der Waals surface area contributed by atoms with Crippen molar-refractivity contribution < 1.29 is 9.53 Å². The second-order valence-electron chi connectivity index (χ2n) is 5.46. The molecule has 0 atom stereocenters. The van der Waals surface area contributed by atoms with Gasteiger partial charge in [0.05, 0.1) is 20.2 Å². The number of nitrogens with zero attached hydrogens (tertiary/aromatic N) is 1. The predicted molar refractivity (Wildman–Crippen MR) is 105 cm³/mol. The highest BCUT2D eigenvalue weighted by atomic mass is 32.1. The Bertz CT molecular complexity index is 770. The quantitative estimate of drug-likeness (QED) is 0.545. The molecule has 2 heterocycles. The second kappa shape index (κ2) is 8.65. The van der Waals surface area contributed by atoms with Crippen molar-refractivity contribution in [3.63, 3.8) is 0 Å². The van der Waals surface area contributed by atoms with Crippen molar-refractivity contribution in [2.45, 2.75) is 13.1 Å². The molecule has 0 aliphatic carbocycles. The monoisotopic (exact) mass is 369 g/mol. The Labute approximate surface area is 155 Å². The van der Waals surface area contributed by atoms with Crippen LogP contribution in [0.4, 0.5) is 0 Å². The van der Waals surface area contributed by atoms with Crippen LogP contribution in [0.1, 0.15) is 15.3 Å². The third-order valence-corrected chi connectivity index (χ3v) is 5.42. The number of carbonyl (C=O) groups is 1. The van der Waals surface area contributed by atoms with Gasteiger partial charge in [-0.05, 0) is 46.7 Å². The number of benzene rings is 1. The molecule has 0 radical (unpaired) electrons. The molecular formula is C20H19NO2S2. The fourth-order valence-electron chi connectivity index (χ4n) is 2.38. The summed E-state index contributed by atoms with van der Waals surface area (Å²) in [6, 6.07) is 15.8. The zero-order chi connectivity index (χ0) is 17.5. The maximum absolute atomic E-state index is 12.7. The van der Waals surface area contributed by atoms with Gasteiger partial charge in [-0.25, -0.2) is 0 Å². The number of carbonyl (C=O) groups excluding carboxylic acids is 1. The molecule has 0 bridgehead atoms. The summed E-state index contributed by atoms with van der Waals surface area (Å²) < 4.78 is 5.15. The van der Waals surface area contributed by atoms with Crippen LogP contribution in [-0.4, -0.2) is 17.9 Å². The molecule has 3 rings (SSSR count). The van der Waals surface area contributed by atoms with Crippen molar-refractivity contribution in [1.82, 2.24) is 4.90 Å². The third kappa shape index (κ3) is 5.05. The number of amides is 1. The summed E-state index contributed by atoms with van der Waals surface area (Å²) in [5.41, 5.74) is 0.973. The van der Waals surface area contributed by atoms with Gasteiger partial charge in [0.2, 0.25) is 5.91 Å². The average Bonchev–Trinajstić information content (AvgIpc) is 3.33. The molecule has 0 saturated carbocycles. The summed E-state index contributed by atoms with van der Waals surface area (Å²) >= 11 is 3.34. The average molecular weight is 370 g/mol. The van der Waals surface area contributed by atoms with E-state index in [1.165, 1.54) is 9.75 Å². The molecule has 0 aliphatic rings. The first-order valence-electron chi connectivity index (χ1n) is 7.90. The molecule has 0 aliphatic heterocycles. The fraction of sp³-hybridized carbons (Fsp3) is 0.150. The van der Waals surface area contributed by atoms with Crippen LogP contribution in [0.15, 0.2) is 65.4 Å². The standard InChI is InChI=1S/C20H19NO2S2/c1-23-17-9-6-16(7-10-17)8-11-20(22)21(14-18-4-2-12-24-18)15-19-5-3-13-25-19/h2-13H,14-15H2,1H3/b11-8+. The largest absolute Gasteiger partial charge is 0.497 e. The minimum atomic E-state index is 0.0117. The van der Waals surface area contributed by atoms with E-state index >= 15 is 0 Å². The number of rotatable bonds is 7. The summed E-state index contributed by atoms with van der Waals surface area (Å²) in [5.74, 6) is 0.818. The van der Waals surface area contributed by atoms with Crippen LogP contribution in [0, 0.1) is 0 Å². The minimum absolute atomic E-state index is 0.0117. The van der Waals surface area contributed by atoms with E-state index in [9.17, 15) is 4.79 Å². The van der Waals surface area contributed by atoms with Gasteiger partial charge in [0.25, 0.3) is 0 Å². The van der Waals surface area contributed by atoms with Crippen LogP contribution in [-0.2, 0) is 17.9 Å². The van der Waals surface area contributed by atoms with Crippen LogP contribution in [0.25, 0.3) is 6.08 Å². The van der Waals surface area contributed by atoms with E-state index in [2.05, 4.69) is 12.1 Å². The first-order chi connectivity index (χ1) is 12.2. The Balaban J connectivity index is 1.71. The number of hydrogen-bond acceptors (Lipinski definition) is 4. The molecule has 0 spiro atoms. The molecular weight excluding hydrogens is 350 g/mol. The Kier molecular flexibility index (Phi) is 6.04. The zero-order valence-electron chi connectivity index (χ0n) is 13.9. The predicted octanol–water partition coefficient (Wildman–Crippen LogP) is 5.06. The lowest BCUT2D eigenvalue weighted by molar-refractivity contribution is -0.127. The van der Waals surface area contributed by atoms with Gasteiger partial charge in [-0.2, -0.15) is 0 Å². The van der Waals surface area contributed by atoms with E-state index in [4.69, 9.17) is 4.74 Å². The third-order valence-electron chi connectivity index (χ3n) is 3.70. The molecule has 0 fully saturated rings. The van der Waals surface area contributed by atoms with E-state index < -0.39 is 0 Å². The highest BCUT2D eigenvalue weighted by Crippen LogP contribution is 2.18. The molecule has 0 saturated heterocycles. The lowest BCUT2D eigenvalue weighted by Crippen LogP contribution is -2.27. The number of ether oxygens (including phenoxy) is 1. The smallest absolute Gasteiger partial charge is 0.247 e. The van der Waals surface area contributed by atoms with Crippen LogP contribution >= 0.6 is 22.7 Å². The van der Waals surface area contributed by atoms with Crippen LogP contribution in [0.3, 0.4) is 0 Å². The van der Waals surface area contributed by atoms with Crippen molar-refractivity contribution in [3.05, 3.63) is 80.7 Å². The van der Waals surface area contributed by atoms with Gasteiger partial charge in [0.15, 0.2) is 0 Å². The fourth-order valence-corrected chi connectivity index (χ4v) is 3.82. The molecule has 5 heteroatoms. The van der Waals surface area contributed by atoms with Crippen LogP contribution in [0.2, 0.25) is 0 Å². The van der Waals surface area contributed by atoms with Gasteiger partial charge >= 0.3 is 0 Å². The molecule has 128 valence electrons. The molecule has 1 amide bonds. The summed E-state index contributed by atoms with van der Waals surface area (Å²) in [7, 11) is 1.64. The molecule has 2 aromatic heterocycles. The summed E-state index contributed by atoms with van der Waals surface area (Å²) in [4.78, 5) is 17.0. The first-order valence-corrected chi connectivity index (χ1v) is 9.66. The van der Waals surface area contributed by atoms with Crippen molar-refractivity contribution >= 4 is 34.7 Å². The Morgan fingerprint density at radius 2 is 1.60 bits per heavy atom. The maximum Gasteiger partial charge on any atom is 0.247 e. The van der Waals surface area contributed by atoms with E-state index in [0.29, 0.717) is 13.1 Å². The topological polar surface area (TPSA) is 29.5 Å². The lowest BCUT2D eigenvalue weighted by Gasteiger charge is -2.20. The van der Waals surface area contributed by atoms with Crippen molar-refractivity contribution in [2.24, 2.45) is 0 Å². The summed E-state index contributed by atoms with van der Waals surface area (Å²) in [6.45, 7) is 1.25. The van der Waals surface area contributed by atoms with Gasteiger partial charge < -0.3 is 9.64 Å². The highest BCUT2D eigenvalue weighted by Gasteiger charge is 2.13. The normalized spacial score (nSPS) is 10.9. The summed E-state index contributed by atoms with van der Waals surface area (Å²) in [6.07, 6.45) is 3.49. The van der Waals surface area contributed by atoms with Crippen LogP contribution < -0.4 is 4.74 Å². The Morgan fingerprint density at radius 3 is 2.08 bits per heavy atom. The number of methoxy groups -OCH3 is 1. The van der Waals surface area contributed by atoms with Crippen molar-refractivity contribution in [3.8, 4) is 5.75 Å². The number of thiophene rings is 2. The zero-order valence-corrected chi connectivity index (χ0v) is 15.6.